The van der Waals surface area contributed by atoms with Crippen LogP contribution in [0.4, 0.5) is 5.69 Å². The maximum Gasteiger partial charge on any atom is 0.307 e. The van der Waals surface area contributed by atoms with Gasteiger partial charge in [-0.1, -0.05) is 30.4 Å². The van der Waals surface area contributed by atoms with Gasteiger partial charge in [0.2, 0.25) is 5.91 Å². The second-order valence-electron chi connectivity index (χ2n) is 8.83. The van der Waals surface area contributed by atoms with Crippen molar-refractivity contribution >= 4 is 17.6 Å². The minimum atomic E-state index is -0.864. The molecule has 2 saturated carbocycles. The lowest BCUT2D eigenvalue weighted by Crippen LogP contribution is -2.48. The largest absolute Gasteiger partial charge is 0.481 e. The normalized spacial score (nSPS) is 30.5. The van der Waals surface area contributed by atoms with Gasteiger partial charge in [0, 0.05) is 5.69 Å². The summed E-state index contributed by atoms with van der Waals surface area (Å²) < 4.78 is 6.03. The fourth-order valence-corrected chi connectivity index (χ4v) is 5.48. The highest BCUT2D eigenvalue weighted by atomic mass is 16.5. The van der Waals surface area contributed by atoms with Crippen molar-refractivity contribution in [2.24, 2.45) is 35.5 Å². The SMILES string of the molecule is Cc1cccc(C)c1Oc1ccc(NC(=O)[C@@H]2[C@H]3C=C[C@@H]([C@@H]4C[C@@H]34)[C@H]2C(=O)O)cc1. The summed E-state index contributed by atoms with van der Waals surface area (Å²) in [6.45, 7) is 4.01. The van der Waals surface area contributed by atoms with Crippen LogP contribution in [0.5, 0.6) is 11.5 Å². The number of anilines is 1. The number of carboxylic acid groups (broad SMARTS) is 1. The van der Waals surface area contributed by atoms with Crippen LogP contribution in [0.1, 0.15) is 17.5 Å². The number of carbonyl (C=O) groups excluding carboxylic acids is 1. The first-order valence-electron chi connectivity index (χ1n) is 10.5. The second kappa shape index (κ2) is 7.01. The number of fused-ring (bicyclic) bond motifs is 1. The molecule has 30 heavy (non-hydrogen) atoms. The maximum absolute atomic E-state index is 13.1. The summed E-state index contributed by atoms with van der Waals surface area (Å²) >= 11 is 0. The molecule has 0 spiro atoms. The molecule has 2 fully saturated rings. The number of allylic oxidation sites excluding steroid dienone is 2. The summed E-state index contributed by atoms with van der Waals surface area (Å²) in [6.07, 6.45) is 5.14. The van der Waals surface area contributed by atoms with Gasteiger partial charge in [-0.25, -0.2) is 0 Å². The van der Waals surface area contributed by atoms with Crippen molar-refractivity contribution in [1.29, 1.82) is 0 Å². The Morgan fingerprint density at radius 3 is 2.13 bits per heavy atom. The Labute approximate surface area is 175 Å². The molecule has 1 amide bonds. The molecule has 0 saturated heterocycles. The Hall–Kier alpha value is -3.08. The molecular formula is C25H25NO4. The van der Waals surface area contributed by atoms with E-state index in [0.29, 0.717) is 23.3 Å². The van der Waals surface area contributed by atoms with E-state index in [-0.39, 0.29) is 17.7 Å². The van der Waals surface area contributed by atoms with E-state index in [1.54, 1.807) is 12.1 Å². The average molecular weight is 403 g/mol. The lowest BCUT2D eigenvalue weighted by atomic mass is 9.62. The summed E-state index contributed by atoms with van der Waals surface area (Å²) in [4.78, 5) is 25.0. The van der Waals surface area contributed by atoms with Gasteiger partial charge in [-0.15, -0.1) is 0 Å². The number of nitrogens with one attached hydrogen (secondary N) is 1. The summed E-state index contributed by atoms with van der Waals surface area (Å²) in [5.74, 6) is 0.270. The smallest absolute Gasteiger partial charge is 0.307 e. The molecule has 0 aliphatic heterocycles. The molecule has 6 rings (SSSR count). The number of ether oxygens (including phenoxy) is 1. The molecule has 154 valence electrons. The van der Waals surface area contributed by atoms with Crippen molar-refractivity contribution in [3.63, 3.8) is 0 Å². The van der Waals surface area contributed by atoms with Crippen LogP contribution < -0.4 is 10.1 Å². The molecule has 0 heterocycles. The topological polar surface area (TPSA) is 75.6 Å². The van der Waals surface area contributed by atoms with E-state index in [1.165, 1.54) is 0 Å². The zero-order valence-corrected chi connectivity index (χ0v) is 17.0. The van der Waals surface area contributed by atoms with Crippen LogP contribution in [0.25, 0.3) is 0 Å². The number of benzene rings is 2. The molecule has 6 atom stereocenters. The number of carbonyl (C=O) groups is 2. The van der Waals surface area contributed by atoms with Crippen LogP contribution in [-0.2, 0) is 9.59 Å². The Bertz CT molecular complexity index is 1020. The van der Waals surface area contributed by atoms with Crippen molar-refractivity contribution in [1.82, 2.24) is 0 Å². The van der Waals surface area contributed by atoms with Crippen molar-refractivity contribution in [2.75, 3.05) is 5.32 Å². The molecule has 2 aromatic rings. The zero-order valence-electron chi connectivity index (χ0n) is 17.0. The molecule has 2 N–H and O–H groups in total. The molecule has 5 heteroatoms. The lowest BCUT2D eigenvalue weighted by molar-refractivity contribution is -0.152. The number of hydrogen-bond donors (Lipinski definition) is 2. The highest BCUT2D eigenvalue weighted by molar-refractivity contribution is 5.96. The predicted molar refractivity (Wildman–Crippen MR) is 113 cm³/mol. The van der Waals surface area contributed by atoms with E-state index in [4.69, 9.17) is 4.74 Å². The standard InChI is InChI=1S/C25H25NO4/c1-13-4-3-5-14(2)23(13)30-16-8-6-15(7-9-16)26-24(27)21-17-10-11-18(20-12-19(17)20)22(21)25(28)29/h3-11,17-22H,12H2,1-2H3,(H,26,27)(H,28,29)/t17-,18-,19-,20-,21+,22+/m0/s1. The number of para-hydroxylation sites is 1. The zero-order chi connectivity index (χ0) is 21.0. The van der Waals surface area contributed by atoms with Gasteiger partial charge in [0.25, 0.3) is 0 Å². The summed E-state index contributed by atoms with van der Waals surface area (Å²) in [6, 6.07) is 13.2. The van der Waals surface area contributed by atoms with E-state index in [9.17, 15) is 14.7 Å². The number of aliphatic carboxylic acids is 1. The van der Waals surface area contributed by atoms with Crippen molar-refractivity contribution in [3.05, 3.63) is 65.7 Å². The first-order valence-corrected chi connectivity index (χ1v) is 10.5. The van der Waals surface area contributed by atoms with Crippen molar-refractivity contribution in [3.8, 4) is 11.5 Å². The minimum absolute atomic E-state index is 0.0126. The molecule has 0 radical (unpaired) electrons. The van der Waals surface area contributed by atoms with Crippen LogP contribution in [0, 0.1) is 49.4 Å². The molecule has 0 aromatic heterocycles. The predicted octanol–water partition coefficient (Wildman–Crippen LogP) is 4.80. The monoisotopic (exact) mass is 403 g/mol. The van der Waals surface area contributed by atoms with Crippen LogP contribution in [0.15, 0.2) is 54.6 Å². The quantitative estimate of drug-likeness (QED) is 0.703. The molecule has 4 aliphatic rings. The molecule has 2 aromatic carbocycles. The summed E-state index contributed by atoms with van der Waals surface area (Å²) in [5.41, 5.74) is 2.77. The Morgan fingerprint density at radius 1 is 0.933 bits per heavy atom. The van der Waals surface area contributed by atoms with Crippen LogP contribution >= 0.6 is 0 Å². The van der Waals surface area contributed by atoms with Gasteiger partial charge in [-0.05, 0) is 79.3 Å². The second-order valence-corrected chi connectivity index (χ2v) is 8.83. The molecule has 2 bridgehead atoms. The lowest BCUT2D eigenvalue weighted by Gasteiger charge is -2.41. The van der Waals surface area contributed by atoms with E-state index >= 15 is 0 Å². The van der Waals surface area contributed by atoms with Crippen molar-refractivity contribution in [2.45, 2.75) is 20.3 Å². The van der Waals surface area contributed by atoms with Crippen LogP contribution in [0.3, 0.4) is 0 Å². The number of rotatable bonds is 5. The Balaban J connectivity index is 1.31. The summed E-state index contributed by atoms with van der Waals surface area (Å²) in [7, 11) is 0. The highest BCUT2D eigenvalue weighted by Gasteiger charge is 2.62. The number of amides is 1. The first-order chi connectivity index (χ1) is 14.4. The van der Waals surface area contributed by atoms with Gasteiger partial charge in [0.1, 0.15) is 11.5 Å². The van der Waals surface area contributed by atoms with Crippen LogP contribution in [-0.4, -0.2) is 17.0 Å². The third kappa shape index (κ3) is 3.09. The Morgan fingerprint density at radius 2 is 1.53 bits per heavy atom. The Kier molecular flexibility index (Phi) is 4.42. The van der Waals surface area contributed by atoms with Gasteiger partial charge in [-0.2, -0.15) is 0 Å². The summed E-state index contributed by atoms with van der Waals surface area (Å²) in [5, 5.41) is 12.7. The minimum Gasteiger partial charge on any atom is -0.481 e. The van der Waals surface area contributed by atoms with Gasteiger partial charge in [0.05, 0.1) is 11.8 Å². The van der Waals surface area contributed by atoms with Crippen molar-refractivity contribution < 1.29 is 19.4 Å². The average Bonchev–Trinajstić information content (AvgIpc) is 3.54. The third-order valence-corrected chi connectivity index (χ3v) is 6.99. The van der Waals surface area contributed by atoms with E-state index < -0.39 is 17.8 Å². The highest BCUT2D eigenvalue weighted by Crippen LogP contribution is 2.63. The molecule has 0 unspecified atom stereocenters. The van der Waals surface area contributed by atoms with E-state index in [0.717, 1.165) is 23.3 Å². The molecular weight excluding hydrogens is 378 g/mol. The number of carboxylic acids is 1. The fourth-order valence-electron chi connectivity index (χ4n) is 5.48. The fraction of sp³-hybridized carbons (Fsp3) is 0.360. The molecule has 5 nitrogen and oxygen atoms in total. The van der Waals surface area contributed by atoms with E-state index in [2.05, 4.69) is 11.4 Å². The van der Waals surface area contributed by atoms with Gasteiger partial charge in [0.15, 0.2) is 0 Å². The maximum atomic E-state index is 13.1. The number of hydrogen-bond acceptors (Lipinski definition) is 3. The molecule has 4 aliphatic carbocycles. The first kappa shape index (κ1) is 18.9. The van der Waals surface area contributed by atoms with E-state index in [1.807, 2.05) is 50.3 Å². The van der Waals surface area contributed by atoms with Gasteiger partial charge in [-0.3, -0.25) is 9.59 Å². The third-order valence-electron chi connectivity index (χ3n) is 6.99. The van der Waals surface area contributed by atoms with Gasteiger partial charge < -0.3 is 15.2 Å². The van der Waals surface area contributed by atoms with Crippen LogP contribution in [0.2, 0.25) is 0 Å². The number of aryl methyl sites for hydroxylation is 2. The van der Waals surface area contributed by atoms with Gasteiger partial charge >= 0.3 is 5.97 Å².